The first kappa shape index (κ1) is 19.0. The van der Waals surface area contributed by atoms with Crippen molar-refractivity contribution in [3.63, 3.8) is 0 Å². The second-order valence-corrected chi connectivity index (χ2v) is 7.11. The monoisotopic (exact) mass is 352 g/mol. The van der Waals surface area contributed by atoms with E-state index in [-0.39, 0.29) is 36.8 Å². The molecule has 0 aromatic heterocycles. The molecule has 0 atom stereocenters. The average Bonchev–Trinajstić information content (AvgIpc) is 2.45. The van der Waals surface area contributed by atoms with Gasteiger partial charge in [0.05, 0.1) is 13.0 Å². The van der Waals surface area contributed by atoms with Crippen LogP contribution < -0.4 is 15.4 Å². The van der Waals surface area contributed by atoms with E-state index in [1.165, 1.54) is 12.1 Å². The minimum Gasteiger partial charge on any atom is -0.490 e. The lowest BCUT2D eigenvalue weighted by atomic mass is 9.87. The van der Waals surface area contributed by atoms with Crippen LogP contribution in [0.1, 0.15) is 40.0 Å². The number of carbonyl (C=O) groups is 2. The smallest absolute Gasteiger partial charge is 0.407 e. The Hall–Kier alpha value is -2.31. The molecule has 0 aliphatic heterocycles. The summed E-state index contributed by atoms with van der Waals surface area (Å²) in [6.45, 7) is 5.53. The Morgan fingerprint density at radius 3 is 2.44 bits per heavy atom. The minimum absolute atomic E-state index is 0.00909. The van der Waals surface area contributed by atoms with Crippen molar-refractivity contribution in [2.75, 3.05) is 6.61 Å². The van der Waals surface area contributed by atoms with Gasteiger partial charge in [-0.3, -0.25) is 4.79 Å². The van der Waals surface area contributed by atoms with E-state index in [0.29, 0.717) is 12.8 Å². The van der Waals surface area contributed by atoms with Gasteiger partial charge in [-0.1, -0.05) is 12.1 Å². The highest BCUT2D eigenvalue weighted by atomic mass is 19.1. The molecule has 25 heavy (non-hydrogen) atoms. The van der Waals surface area contributed by atoms with Crippen LogP contribution in [0.5, 0.6) is 5.75 Å². The van der Waals surface area contributed by atoms with Crippen LogP contribution in [0, 0.1) is 5.82 Å². The molecule has 2 N–H and O–H groups in total. The number of amides is 2. The van der Waals surface area contributed by atoms with Gasteiger partial charge in [0.15, 0.2) is 11.6 Å². The molecule has 0 heterocycles. The molecule has 7 heteroatoms. The third-order valence-electron chi connectivity index (χ3n) is 3.65. The van der Waals surface area contributed by atoms with Crippen LogP contribution in [0.4, 0.5) is 9.18 Å². The topological polar surface area (TPSA) is 76.7 Å². The number of ether oxygens (including phenoxy) is 2. The van der Waals surface area contributed by atoms with Gasteiger partial charge in [0.2, 0.25) is 5.91 Å². The fraction of sp³-hybridized carbons (Fsp3) is 0.556. The zero-order valence-electron chi connectivity index (χ0n) is 14.8. The first-order valence-electron chi connectivity index (χ1n) is 8.39. The first-order valence-corrected chi connectivity index (χ1v) is 8.39. The molecule has 2 amide bonds. The molecule has 1 aliphatic carbocycles. The van der Waals surface area contributed by atoms with Crippen molar-refractivity contribution >= 4 is 12.0 Å². The third-order valence-corrected chi connectivity index (χ3v) is 3.65. The average molecular weight is 352 g/mol. The number of halogens is 1. The van der Waals surface area contributed by atoms with E-state index in [9.17, 15) is 14.0 Å². The fourth-order valence-corrected chi connectivity index (χ4v) is 2.44. The maximum Gasteiger partial charge on any atom is 0.407 e. The van der Waals surface area contributed by atoms with Crippen molar-refractivity contribution < 1.29 is 23.5 Å². The van der Waals surface area contributed by atoms with Gasteiger partial charge in [-0.05, 0) is 45.7 Å². The van der Waals surface area contributed by atoms with E-state index in [1.54, 1.807) is 32.9 Å². The van der Waals surface area contributed by atoms with Gasteiger partial charge in [0.25, 0.3) is 0 Å². The number of benzene rings is 1. The van der Waals surface area contributed by atoms with Crippen molar-refractivity contribution in [3.8, 4) is 5.75 Å². The molecule has 0 unspecified atom stereocenters. The Balaban J connectivity index is 1.59. The van der Waals surface area contributed by atoms with Crippen LogP contribution in [-0.2, 0) is 9.53 Å². The van der Waals surface area contributed by atoms with Gasteiger partial charge in [-0.2, -0.15) is 0 Å². The number of alkyl carbamates (subject to hydrolysis) is 1. The van der Waals surface area contributed by atoms with E-state index < -0.39 is 17.5 Å². The predicted molar refractivity (Wildman–Crippen MR) is 90.8 cm³/mol. The molecule has 0 saturated heterocycles. The summed E-state index contributed by atoms with van der Waals surface area (Å²) < 4.78 is 23.8. The summed E-state index contributed by atoms with van der Waals surface area (Å²) in [7, 11) is 0. The van der Waals surface area contributed by atoms with Gasteiger partial charge in [0.1, 0.15) is 5.60 Å². The number of nitrogens with one attached hydrogen (secondary N) is 2. The van der Waals surface area contributed by atoms with E-state index >= 15 is 0 Å². The molecule has 0 spiro atoms. The molecule has 1 aromatic carbocycles. The zero-order chi connectivity index (χ0) is 18.4. The van der Waals surface area contributed by atoms with Crippen LogP contribution in [-0.4, -0.2) is 36.3 Å². The number of hydrogen-bond donors (Lipinski definition) is 2. The highest BCUT2D eigenvalue weighted by molar-refractivity contribution is 5.76. The second-order valence-electron chi connectivity index (χ2n) is 7.11. The molecule has 1 fully saturated rings. The molecule has 1 saturated carbocycles. The summed E-state index contributed by atoms with van der Waals surface area (Å²) in [4.78, 5) is 23.5. The maximum absolute atomic E-state index is 13.4. The van der Waals surface area contributed by atoms with Crippen LogP contribution in [0.25, 0.3) is 0 Å². The largest absolute Gasteiger partial charge is 0.490 e. The maximum atomic E-state index is 13.4. The molecule has 1 aliphatic rings. The Morgan fingerprint density at radius 2 is 1.80 bits per heavy atom. The number of rotatable bonds is 6. The Morgan fingerprint density at radius 1 is 1.16 bits per heavy atom. The molecule has 2 rings (SSSR count). The fourth-order valence-electron chi connectivity index (χ4n) is 2.44. The molecular weight excluding hydrogens is 327 g/mol. The normalized spacial score (nSPS) is 19.5. The van der Waals surface area contributed by atoms with Crippen molar-refractivity contribution in [2.24, 2.45) is 0 Å². The summed E-state index contributed by atoms with van der Waals surface area (Å²) in [5.41, 5.74) is -0.528. The van der Waals surface area contributed by atoms with Gasteiger partial charge in [-0.25, -0.2) is 9.18 Å². The molecule has 1 aromatic rings. The molecule has 6 nitrogen and oxygen atoms in total. The Labute approximate surface area is 147 Å². The van der Waals surface area contributed by atoms with Crippen LogP contribution in [0.15, 0.2) is 24.3 Å². The van der Waals surface area contributed by atoms with Crippen molar-refractivity contribution in [1.29, 1.82) is 0 Å². The van der Waals surface area contributed by atoms with Crippen molar-refractivity contribution in [1.82, 2.24) is 10.6 Å². The summed E-state index contributed by atoms with van der Waals surface area (Å²) >= 11 is 0. The molecular formula is C18H25FN2O4. The van der Waals surface area contributed by atoms with E-state index in [2.05, 4.69) is 10.6 Å². The van der Waals surface area contributed by atoms with E-state index in [0.717, 1.165) is 0 Å². The van der Waals surface area contributed by atoms with E-state index in [1.807, 2.05) is 0 Å². The molecule has 138 valence electrons. The van der Waals surface area contributed by atoms with Gasteiger partial charge < -0.3 is 20.1 Å². The lowest BCUT2D eigenvalue weighted by Crippen LogP contribution is -2.54. The second kappa shape index (κ2) is 8.18. The molecule has 0 bridgehead atoms. The van der Waals surface area contributed by atoms with Gasteiger partial charge in [0, 0.05) is 12.1 Å². The van der Waals surface area contributed by atoms with Crippen LogP contribution in [0.2, 0.25) is 0 Å². The number of carbonyl (C=O) groups excluding carboxylic acids is 2. The number of para-hydroxylation sites is 1. The predicted octanol–water partition coefficient (Wildman–Crippen LogP) is 2.77. The number of hydrogen-bond acceptors (Lipinski definition) is 4. The first-order chi connectivity index (χ1) is 11.7. The lowest BCUT2D eigenvalue weighted by molar-refractivity contribution is -0.122. The highest BCUT2D eigenvalue weighted by Crippen LogP contribution is 2.21. The summed E-state index contributed by atoms with van der Waals surface area (Å²) in [6.07, 6.45) is 1.04. The minimum atomic E-state index is -0.528. The summed E-state index contributed by atoms with van der Waals surface area (Å²) in [6, 6.07) is 6.11. The van der Waals surface area contributed by atoms with E-state index in [4.69, 9.17) is 9.47 Å². The Kier molecular flexibility index (Phi) is 6.22. The Bertz CT molecular complexity index is 609. The molecule has 0 radical (unpaired) electrons. The van der Waals surface area contributed by atoms with Crippen LogP contribution >= 0.6 is 0 Å². The summed E-state index contributed by atoms with van der Waals surface area (Å²) in [5, 5.41) is 5.63. The van der Waals surface area contributed by atoms with Crippen molar-refractivity contribution in [3.05, 3.63) is 30.1 Å². The van der Waals surface area contributed by atoms with Gasteiger partial charge >= 0.3 is 6.09 Å². The zero-order valence-corrected chi connectivity index (χ0v) is 14.8. The van der Waals surface area contributed by atoms with Gasteiger partial charge in [-0.15, -0.1) is 0 Å². The standard InChI is InChI=1S/C18H25FN2O4/c1-18(2,3)25-17(23)21-13-10-12(11-13)20-16(22)8-9-24-15-7-5-4-6-14(15)19/h4-7,12-13H,8-11H2,1-3H3,(H,20,22)(H,21,23). The third kappa shape index (κ3) is 6.60. The van der Waals surface area contributed by atoms with Crippen LogP contribution in [0.3, 0.4) is 0 Å². The SMILES string of the molecule is CC(C)(C)OC(=O)NC1CC(NC(=O)CCOc2ccccc2F)C1. The summed E-state index contributed by atoms with van der Waals surface area (Å²) in [5.74, 6) is -0.462. The quantitative estimate of drug-likeness (QED) is 0.825. The lowest BCUT2D eigenvalue weighted by Gasteiger charge is -2.36. The highest BCUT2D eigenvalue weighted by Gasteiger charge is 2.32. The van der Waals surface area contributed by atoms with Crippen molar-refractivity contribution in [2.45, 2.75) is 57.7 Å².